The third kappa shape index (κ3) is 5.98. The van der Waals surface area contributed by atoms with Gasteiger partial charge in [0.1, 0.15) is 5.75 Å². The third-order valence-electron chi connectivity index (χ3n) is 3.06. The van der Waals surface area contributed by atoms with Crippen LogP contribution in [0.3, 0.4) is 0 Å². The Bertz CT molecular complexity index is 760. The smallest absolute Gasteiger partial charge is 0.276 e. The van der Waals surface area contributed by atoms with Gasteiger partial charge < -0.3 is 9.47 Å². The molecule has 2 aromatic rings. The summed E-state index contributed by atoms with van der Waals surface area (Å²) in [6, 6.07) is 12.8. The van der Waals surface area contributed by atoms with Crippen LogP contribution in [0.5, 0.6) is 11.5 Å². The summed E-state index contributed by atoms with van der Waals surface area (Å²) in [4.78, 5) is 23.2. The fourth-order valence-electron chi connectivity index (χ4n) is 1.80. The van der Waals surface area contributed by atoms with E-state index in [0.717, 1.165) is 5.56 Å². The Morgan fingerprint density at radius 1 is 1.08 bits per heavy atom. The normalized spacial score (nSPS) is 10.3. The lowest BCUT2D eigenvalue weighted by atomic mass is 10.2. The van der Waals surface area contributed by atoms with E-state index in [0.29, 0.717) is 5.75 Å². The second kappa shape index (κ2) is 9.07. The summed E-state index contributed by atoms with van der Waals surface area (Å²) < 4.78 is 23.4. The molecule has 0 saturated heterocycles. The van der Waals surface area contributed by atoms with E-state index in [1.165, 1.54) is 24.3 Å². The van der Waals surface area contributed by atoms with Gasteiger partial charge in [-0.1, -0.05) is 24.3 Å². The molecule has 0 atom stereocenters. The molecule has 130 valence electrons. The third-order valence-corrected chi connectivity index (χ3v) is 3.06. The molecule has 2 rings (SSSR count). The van der Waals surface area contributed by atoms with Crippen molar-refractivity contribution in [3.05, 3.63) is 66.0 Å². The zero-order valence-electron chi connectivity index (χ0n) is 13.5. The SMILES string of the molecule is COc1ccc(/C=C/C(=O)NNC(=O)COc2ccccc2F)cc1. The molecule has 0 aliphatic carbocycles. The van der Waals surface area contributed by atoms with Gasteiger partial charge >= 0.3 is 0 Å². The van der Waals surface area contributed by atoms with Crippen molar-refractivity contribution in [1.29, 1.82) is 0 Å². The van der Waals surface area contributed by atoms with Crippen LogP contribution in [0, 0.1) is 5.82 Å². The number of para-hydroxylation sites is 1. The first-order chi connectivity index (χ1) is 12.1. The molecular formula is C18H17FN2O4. The Hall–Kier alpha value is -3.35. The predicted octanol–water partition coefficient (Wildman–Crippen LogP) is 2.07. The molecule has 0 aromatic heterocycles. The number of rotatable bonds is 6. The maximum absolute atomic E-state index is 13.3. The number of hydrazine groups is 1. The first-order valence-electron chi connectivity index (χ1n) is 7.37. The first-order valence-corrected chi connectivity index (χ1v) is 7.37. The van der Waals surface area contributed by atoms with Gasteiger partial charge in [-0.2, -0.15) is 0 Å². The molecular weight excluding hydrogens is 327 g/mol. The number of hydrogen-bond donors (Lipinski definition) is 2. The number of amides is 2. The van der Waals surface area contributed by atoms with Crippen molar-refractivity contribution in [3.8, 4) is 11.5 Å². The van der Waals surface area contributed by atoms with Gasteiger partial charge in [0.25, 0.3) is 11.8 Å². The zero-order chi connectivity index (χ0) is 18.1. The number of benzene rings is 2. The van der Waals surface area contributed by atoms with E-state index in [1.807, 2.05) is 0 Å². The summed E-state index contributed by atoms with van der Waals surface area (Å²) in [5, 5.41) is 0. The van der Waals surface area contributed by atoms with Gasteiger partial charge in [0, 0.05) is 6.08 Å². The molecule has 7 heteroatoms. The highest BCUT2D eigenvalue weighted by atomic mass is 19.1. The van der Waals surface area contributed by atoms with E-state index in [9.17, 15) is 14.0 Å². The van der Waals surface area contributed by atoms with Crippen LogP contribution in [0.1, 0.15) is 5.56 Å². The van der Waals surface area contributed by atoms with Crippen LogP contribution in [0.15, 0.2) is 54.6 Å². The van der Waals surface area contributed by atoms with Gasteiger partial charge in [0.2, 0.25) is 0 Å². The van der Waals surface area contributed by atoms with Gasteiger partial charge in [-0.05, 0) is 35.9 Å². The molecule has 0 spiro atoms. The molecule has 2 N–H and O–H groups in total. The Morgan fingerprint density at radius 2 is 1.80 bits per heavy atom. The van der Waals surface area contributed by atoms with E-state index < -0.39 is 24.2 Å². The van der Waals surface area contributed by atoms with Gasteiger partial charge in [-0.15, -0.1) is 0 Å². The highest BCUT2D eigenvalue weighted by Gasteiger charge is 2.06. The fraction of sp³-hybridized carbons (Fsp3) is 0.111. The Kier molecular flexibility index (Phi) is 6.53. The number of methoxy groups -OCH3 is 1. The topological polar surface area (TPSA) is 76.7 Å². The number of hydrogen-bond acceptors (Lipinski definition) is 4. The van der Waals surface area contributed by atoms with Crippen LogP contribution in [-0.4, -0.2) is 25.5 Å². The van der Waals surface area contributed by atoms with E-state index in [4.69, 9.17) is 9.47 Å². The zero-order valence-corrected chi connectivity index (χ0v) is 13.5. The van der Waals surface area contributed by atoms with Crippen LogP contribution >= 0.6 is 0 Å². The summed E-state index contributed by atoms with van der Waals surface area (Å²) >= 11 is 0. The molecule has 25 heavy (non-hydrogen) atoms. The number of carbonyl (C=O) groups excluding carboxylic acids is 2. The molecule has 6 nitrogen and oxygen atoms in total. The summed E-state index contributed by atoms with van der Waals surface area (Å²) in [5.74, 6) is -1.03. The Morgan fingerprint density at radius 3 is 2.48 bits per heavy atom. The van der Waals surface area contributed by atoms with Gasteiger partial charge in [-0.3, -0.25) is 20.4 Å². The maximum Gasteiger partial charge on any atom is 0.276 e. The number of halogens is 1. The standard InChI is InChI=1S/C18H17FN2O4/c1-24-14-9-6-13(7-10-14)8-11-17(22)20-21-18(23)12-25-16-5-3-2-4-15(16)19/h2-11H,12H2,1H3,(H,20,22)(H,21,23)/b11-8+. The Balaban J connectivity index is 1.74. The minimum atomic E-state index is -0.616. The highest BCUT2D eigenvalue weighted by molar-refractivity contribution is 5.93. The lowest BCUT2D eigenvalue weighted by Gasteiger charge is -2.08. The highest BCUT2D eigenvalue weighted by Crippen LogP contribution is 2.15. The van der Waals surface area contributed by atoms with Crippen molar-refractivity contribution in [1.82, 2.24) is 10.9 Å². The fourth-order valence-corrected chi connectivity index (χ4v) is 1.80. The average Bonchev–Trinajstić information content (AvgIpc) is 2.64. The lowest BCUT2D eigenvalue weighted by Crippen LogP contribution is -2.43. The van der Waals surface area contributed by atoms with E-state index in [2.05, 4.69) is 10.9 Å². The second-order valence-electron chi connectivity index (χ2n) is 4.86. The maximum atomic E-state index is 13.3. The summed E-state index contributed by atoms with van der Waals surface area (Å²) in [6.07, 6.45) is 2.84. The van der Waals surface area contributed by atoms with Crippen molar-refractivity contribution in [2.45, 2.75) is 0 Å². The summed E-state index contributed by atoms with van der Waals surface area (Å²) in [7, 11) is 1.57. The number of nitrogens with one attached hydrogen (secondary N) is 2. The molecule has 0 bridgehead atoms. The van der Waals surface area contributed by atoms with Gasteiger partial charge in [-0.25, -0.2) is 4.39 Å². The molecule has 2 amide bonds. The quantitative estimate of drug-likeness (QED) is 0.621. The van der Waals surface area contributed by atoms with Crippen LogP contribution < -0.4 is 20.3 Å². The predicted molar refractivity (Wildman–Crippen MR) is 90.2 cm³/mol. The lowest BCUT2D eigenvalue weighted by molar-refractivity contribution is -0.128. The molecule has 0 aliphatic rings. The second-order valence-corrected chi connectivity index (χ2v) is 4.86. The molecule has 0 radical (unpaired) electrons. The Labute approximate surface area is 144 Å². The molecule has 0 saturated carbocycles. The van der Waals surface area contributed by atoms with Crippen molar-refractivity contribution >= 4 is 17.9 Å². The number of ether oxygens (including phenoxy) is 2. The van der Waals surface area contributed by atoms with Crippen molar-refractivity contribution in [2.75, 3.05) is 13.7 Å². The monoisotopic (exact) mass is 344 g/mol. The minimum absolute atomic E-state index is 0.0385. The van der Waals surface area contributed by atoms with E-state index >= 15 is 0 Å². The van der Waals surface area contributed by atoms with Crippen LogP contribution in [0.4, 0.5) is 4.39 Å². The van der Waals surface area contributed by atoms with E-state index in [-0.39, 0.29) is 5.75 Å². The van der Waals surface area contributed by atoms with Crippen LogP contribution in [-0.2, 0) is 9.59 Å². The molecule has 0 heterocycles. The molecule has 0 unspecified atom stereocenters. The largest absolute Gasteiger partial charge is 0.497 e. The number of carbonyl (C=O) groups is 2. The average molecular weight is 344 g/mol. The van der Waals surface area contributed by atoms with E-state index in [1.54, 1.807) is 43.5 Å². The van der Waals surface area contributed by atoms with Crippen LogP contribution in [0.2, 0.25) is 0 Å². The summed E-state index contributed by atoms with van der Waals surface area (Å²) in [6.45, 7) is -0.427. The summed E-state index contributed by atoms with van der Waals surface area (Å²) in [5.41, 5.74) is 5.17. The first kappa shape index (κ1) is 18.0. The van der Waals surface area contributed by atoms with Crippen molar-refractivity contribution in [3.63, 3.8) is 0 Å². The molecule has 0 aliphatic heterocycles. The minimum Gasteiger partial charge on any atom is -0.497 e. The van der Waals surface area contributed by atoms with Crippen molar-refractivity contribution < 1.29 is 23.5 Å². The molecule has 0 fully saturated rings. The van der Waals surface area contributed by atoms with Crippen molar-refractivity contribution in [2.24, 2.45) is 0 Å². The van der Waals surface area contributed by atoms with Gasteiger partial charge in [0.15, 0.2) is 18.2 Å². The van der Waals surface area contributed by atoms with Gasteiger partial charge in [0.05, 0.1) is 7.11 Å². The molecule has 2 aromatic carbocycles. The van der Waals surface area contributed by atoms with Crippen LogP contribution in [0.25, 0.3) is 6.08 Å².